The molecule has 0 fully saturated rings. The lowest BCUT2D eigenvalue weighted by Crippen LogP contribution is -2.10. The highest BCUT2D eigenvalue weighted by Gasteiger charge is 2.22. The van der Waals surface area contributed by atoms with Crippen LogP contribution in [0.5, 0.6) is 23.0 Å². The molecule has 0 aliphatic carbocycles. The summed E-state index contributed by atoms with van der Waals surface area (Å²) in [5, 5.41) is 29.9. The average molecular weight is 360 g/mol. The molecule has 2 rings (SSSR count). The first-order chi connectivity index (χ1) is 12.2. The number of carbonyl (C=O) groups excluding carboxylic acids is 2. The van der Waals surface area contributed by atoms with Crippen molar-refractivity contribution in [2.45, 2.75) is 27.4 Å². The largest absolute Gasteiger partial charge is 0.508 e. The van der Waals surface area contributed by atoms with Gasteiger partial charge >= 0.3 is 5.97 Å². The van der Waals surface area contributed by atoms with Crippen molar-refractivity contribution in [1.29, 1.82) is 0 Å². The Morgan fingerprint density at radius 3 is 2.31 bits per heavy atom. The number of ether oxygens (including phenoxy) is 2. The van der Waals surface area contributed by atoms with Gasteiger partial charge in [0.1, 0.15) is 35.2 Å². The van der Waals surface area contributed by atoms with Crippen LogP contribution in [-0.4, -0.2) is 34.7 Å². The normalized spacial score (nSPS) is 10.5. The van der Waals surface area contributed by atoms with E-state index in [4.69, 9.17) is 9.47 Å². The number of aldehydes is 1. The lowest BCUT2D eigenvalue weighted by molar-refractivity contribution is 0.0466. The first-order valence-corrected chi connectivity index (χ1v) is 7.76. The van der Waals surface area contributed by atoms with Crippen LogP contribution in [0.15, 0.2) is 12.1 Å². The Morgan fingerprint density at radius 1 is 1.08 bits per heavy atom. The van der Waals surface area contributed by atoms with Gasteiger partial charge in [-0.3, -0.25) is 4.79 Å². The molecule has 0 amide bonds. The van der Waals surface area contributed by atoms with Crippen LogP contribution in [0.2, 0.25) is 0 Å². The topological polar surface area (TPSA) is 113 Å². The van der Waals surface area contributed by atoms with Crippen molar-refractivity contribution >= 4 is 12.3 Å². The standard InChI is InChI=1S/C19H20O7/c1-9-5-14(21)10(2)18(23)16(9)19(24)26-8-12-6-15(25-4)11(3)17(22)13(12)7-20/h5-7,21-23H,8H2,1-4H3. The number of hydrogen-bond donors (Lipinski definition) is 3. The Balaban J connectivity index is 2.35. The molecule has 7 nitrogen and oxygen atoms in total. The molecule has 0 radical (unpaired) electrons. The summed E-state index contributed by atoms with van der Waals surface area (Å²) in [7, 11) is 1.42. The van der Waals surface area contributed by atoms with Crippen molar-refractivity contribution in [1.82, 2.24) is 0 Å². The second-order valence-corrected chi connectivity index (χ2v) is 5.88. The van der Waals surface area contributed by atoms with E-state index in [0.29, 0.717) is 23.2 Å². The molecule has 0 heterocycles. The minimum absolute atomic E-state index is 0.000990. The molecule has 0 spiro atoms. The summed E-state index contributed by atoms with van der Waals surface area (Å²) < 4.78 is 10.3. The molecular weight excluding hydrogens is 340 g/mol. The highest BCUT2D eigenvalue weighted by atomic mass is 16.5. The number of benzene rings is 2. The van der Waals surface area contributed by atoms with Crippen molar-refractivity contribution in [3.05, 3.63) is 45.5 Å². The first kappa shape index (κ1) is 19.1. The molecule has 26 heavy (non-hydrogen) atoms. The predicted octanol–water partition coefficient (Wildman–Crippen LogP) is 2.91. The maximum Gasteiger partial charge on any atom is 0.342 e. The van der Waals surface area contributed by atoms with E-state index in [1.54, 1.807) is 13.8 Å². The molecular formula is C19H20O7. The molecule has 138 valence electrons. The Bertz CT molecular complexity index is 884. The molecule has 0 saturated carbocycles. The summed E-state index contributed by atoms with van der Waals surface area (Å²) in [5.41, 5.74) is 1.09. The number of methoxy groups -OCH3 is 1. The van der Waals surface area contributed by atoms with Crippen LogP contribution in [0, 0.1) is 20.8 Å². The molecule has 0 saturated heterocycles. The maximum absolute atomic E-state index is 12.4. The Labute approximate surface area is 150 Å². The third kappa shape index (κ3) is 3.28. The van der Waals surface area contributed by atoms with E-state index in [-0.39, 0.29) is 46.1 Å². The molecule has 0 atom stereocenters. The summed E-state index contributed by atoms with van der Waals surface area (Å²) in [4.78, 5) is 23.7. The van der Waals surface area contributed by atoms with Gasteiger partial charge in [-0.05, 0) is 38.5 Å². The monoisotopic (exact) mass is 360 g/mol. The van der Waals surface area contributed by atoms with Gasteiger partial charge in [0.25, 0.3) is 0 Å². The van der Waals surface area contributed by atoms with Gasteiger partial charge in [0, 0.05) is 16.7 Å². The summed E-state index contributed by atoms with van der Waals surface area (Å²) in [6, 6.07) is 2.85. The number of carbonyl (C=O) groups is 2. The van der Waals surface area contributed by atoms with Crippen LogP contribution < -0.4 is 4.74 Å². The fourth-order valence-corrected chi connectivity index (χ4v) is 2.63. The third-order valence-electron chi connectivity index (χ3n) is 4.26. The zero-order chi connectivity index (χ0) is 19.6. The van der Waals surface area contributed by atoms with E-state index in [1.807, 2.05) is 0 Å². The number of aryl methyl sites for hydroxylation is 1. The summed E-state index contributed by atoms with van der Waals surface area (Å²) in [6.45, 7) is 4.30. The third-order valence-corrected chi connectivity index (χ3v) is 4.26. The van der Waals surface area contributed by atoms with Crippen LogP contribution in [0.3, 0.4) is 0 Å². The van der Waals surface area contributed by atoms with Crippen LogP contribution >= 0.6 is 0 Å². The zero-order valence-electron chi connectivity index (χ0n) is 14.9. The predicted molar refractivity (Wildman–Crippen MR) is 93.1 cm³/mol. The Hall–Kier alpha value is -3.22. The molecule has 7 heteroatoms. The number of aromatic hydroxyl groups is 3. The van der Waals surface area contributed by atoms with Crippen LogP contribution in [0.1, 0.15) is 43.0 Å². The Morgan fingerprint density at radius 2 is 1.73 bits per heavy atom. The van der Waals surface area contributed by atoms with Crippen molar-refractivity contribution in [2.75, 3.05) is 7.11 Å². The minimum Gasteiger partial charge on any atom is -0.508 e. The van der Waals surface area contributed by atoms with Crippen molar-refractivity contribution < 1.29 is 34.4 Å². The molecule has 0 aromatic heterocycles. The fraction of sp³-hybridized carbons (Fsp3) is 0.263. The molecule has 2 aromatic rings. The molecule has 0 bridgehead atoms. The van der Waals surface area contributed by atoms with Crippen molar-refractivity contribution in [3.8, 4) is 23.0 Å². The van der Waals surface area contributed by atoms with Gasteiger partial charge in [-0.25, -0.2) is 4.79 Å². The van der Waals surface area contributed by atoms with E-state index in [2.05, 4.69) is 0 Å². The SMILES string of the molecule is COc1cc(COC(=O)c2c(C)cc(O)c(C)c2O)c(C=O)c(O)c1C. The lowest BCUT2D eigenvalue weighted by atomic mass is 10.0. The van der Waals surface area contributed by atoms with Gasteiger partial charge in [-0.2, -0.15) is 0 Å². The smallest absolute Gasteiger partial charge is 0.342 e. The fourth-order valence-electron chi connectivity index (χ4n) is 2.63. The number of rotatable bonds is 5. The van der Waals surface area contributed by atoms with Crippen LogP contribution in [0.4, 0.5) is 0 Å². The number of phenols is 3. The summed E-state index contributed by atoms with van der Waals surface area (Å²) in [5.74, 6) is -1.22. The molecule has 0 aliphatic rings. The van der Waals surface area contributed by atoms with Gasteiger partial charge in [0.05, 0.1) is 12.7 Å². The van der Waals surface area contributed by atoms with Gasteiger partial charge in [0.15, 0.2) is 6.29 Å². The van der Waals surface area contributed by atoms with Gasteiger partial charge < -0.3 is 24.8 Å². The minimum atomic E-state index is -0.820. The van der Waals surface area contributed by atoms with Crippen LogP contribution in [0.25, 0.3) is 0 Å². The summed E-state index contributed by atoms with van der Waals surface area (Å²) >= 11 is 0. The Kier molecular flexibility index (Phi) is 5.40. The maximum atomic E-state index is 12.4. The highest BCUT2D eigenvalue weighted by molar-refractivity contribution is 5.95. The van der Waals surface area contributed by atoms with Crippen LogP contribution in [-0.2, 0) is 11.3 Å². The number of esters is 1. The van der Waals surface area contributed by atoms with E-state index < -0.39 is 5.97 Å². The lowest BCUT2D eigenvalue weighted by Gasteiger charge is -2.15. The zero-order valence-corrected chi connectivity index (χ0v) is 14.9. The van der Waals surface area contributed by atoms with Crippen molar-refractivity contribution in [3.63, 3.8) is 0 Å². The molecule has 0 aliphatic heterocycles. The average Bonchev–Trinajstić information content (AvgIpc) is 2.60. The van der Waals surface area contributed by atoms with E-state index in [9.17, 15) is 24.9 Å². The molecule has 0 unspecified atom stereocenters. The van der Waals surface area contributed by atoms with Gasteiger partial charge in [-0.15, -0.1) is 0 Å². The van der Waals surface area contributed by atoms with E-state index in [0.717, 1.165) is 0 Å². The highest BCUT2D eigenvalue weighted by Crippen LogP contribution is 2.35. The van der Waals surface area contributed by atoms with E-state index in [1.165, 1.54) is 26.2 Å². The van der Waals surface area contributed by atoms with Gasteiger partial charge in [0.2, 0.25) is 0 Å². The molecule has 3 N–H and O–H groups in total. The molecule has 2 aromatic carbocycles. The van der Waals surface area contributed by atoms with Crippen molar-refractivity contribution in [2.24, 2.45) is 0 Å². The number of hydrogen-bond acceptors (Lipinski definition) is 7. The van der Waals surface area contributed by atoms with E-state index >= 15 is 0 Å². The summed E-state index contributed by atoms with van der Waals surface area (Å²) in [6.07, 6.45) is 0.471. The van der Waals surface area contributed by atoms with Gasteiger partial charge in [-0.1, -0.05) is 0 Å². The second-order valence-electron chi connectivity index (χ2n) is 5.88. The number of phenolic OH excluding ortho intramolecular Hbond substituents is 3. The first-order valence-electron chi connectivity index (χ1n) is 7.76. The second kappa shape index (κ2) is 7.35. The quantitative estimate of drug-likeness (QED) is 0.555.